The van der Waals surface area contributed by atoms with Crippen molar-refractivity contribution in [1.82, 2.24) is 5.43 Å². The number of ether oxygens (including phenoxy) is 1. The van der Waals surface area contributed by atoms with Crippen LogP contribution >= 0.6 is 11.6 Å². The maximum absolute atomic E-state index is 11.9. The van der Waals surface area contributed by atoms with Crippen LogP contribution in [0.1, 0.15) is 17.1 Å². The highest BCUT2D eigenvalue weighted by atomic mass is 35.5. The number of carbonyl (C=O) groups is 1. The summed E-state index contributed by atoms with van der Waals surface area (Å²) < 4.78 is 11.0. The predicted octanol–water partition coefficient (Wildman–Crippen LogP) is 4.11. The Bertz CT molecular complexity index is 1010. The van der Waals surface area contributed by atoms with Crippen LogP contribution in [0.4, 0.5) is 5.69 Å². The van der Waals surface area contributed by atoms with E-state index in [1.54, 1.807) is 36.4 Å². The molecule has 0 saturated carbocycles. The molecule has 0 radical (unpaired) electrons. The Morgan fingerprint density at radius 2 is 1.86 bits per heavy atom. The van der Waals surface area contributed by atoms with Gasteiger partial charge in [0.2, 0.25) is 5.91 Å². The third-order valence-electron chi connectivity index (χ3n) is 3.77. The summed E-state index contributed by atoms with van der Waals surface area (Å²) in [5.41, 5.74) is 3.24. The molecule has 1 amide bonds. The van der Waals surface area contributed by atoms with Crippen LogP contribution in [0.5, 0.6) is 5.75 Å². The smallest absolute Gasteiger partial charge is 0.269 e. The van der Waals surface area contributed by atoms with Crippen molar-refractivity contribution in [3.8, 4) is 5.75 Å². The number of hydrogen-bond acceptors (Lipinski definition) is 6. The van der Waals surface area contributed by atoms with Crippen LogP contribution in [0.25, 0.3) is 0 Å². The molecule has 0 aliphatic carbocycles. The van der Waals surface area contributed by atoms with E-state index in [2.05, 4.69) is 10.5 Å². The second-order valence-electron chi connectivity index (χ2n) is 5.94. The highest BCUT2D eigenvalue weighted by molar-refractivity contribution is 6.30. The molecular weight excluding hydrogens is 398 g/mol. The zero-order valence-electron chi connectivity index (χ0n) is 15.1. The lowest BCUT2D eigenvalue weighted by Gasteiger charge is -2.03. The van der Waals surface area contributed by atoms with Gasteiger partial charge in [0, 0.05) is 17.2 Å². The topological polar surface area (TPSA) is 107 Å². The third kappa shape index (κ3) is 6.18. The van der Waals surface area contributed by atoms with Crippen LogP contribution in [0.2, 0.25) is 5.02 Å². The molecule has 0 bridgehead atoms. The van der Waals surface area contributed by atoms with E-state index in [0.29, 0.717) is 22.3 Å². The molecule has 0 unspecified atom stereocenters. The molecule has 2 aromatic carbocycles. The largest absolute Gasteiger partial charge is 0.486 e. The highest BCUT2D eigenvalue weighted by Gasteiger charge is 2.06. The summed E-state index contributed by atoms with van der Waals surface area (Å²) in [4.78, 5) is 22.0. The fourth-order valence-electron chi connectivity index (χ4n) is 2.36. The van der Waals surface area contributed by atoms with Crippen LogP contribution in [0.15, 0.2) is 70.2 Å². The van der Waals surface area contributed by atoms with E-state index in [-0.39, 0.29) is 24.6 Å². The average molecular weight is 414 g/mol. The number of non-ortho nitro benzene ring substituents is 1. The molecule has 3 rings (SSSR count). The van der Waals surface area contributed by atoms with E-state index in [9.17, 15) is 14.9 Å². The van der Waals surface area contributed by atoms with Gasteiger partial charge < -0.3 is 9.15 Å². The van der Waals surface area contributed by atoms with Gasteiger partial charge in [-0.15, -0.1) is 0 Å². The molecule has 0 fully saturated rings. The van der Waals surface area contributed by atoms with Crippen molar-refractivity contribution in [2.45, 2.75) is 13.0 Å². The van der Waals surface area contributed by atoms with Crippen molar-refractivity contribution in [3.63, 3.8) is 0 Å². The van der Waals surface area contributed by atoms with E-state index in [1.807, 2.05) is 0 Å². The van der Waals surface area contributed by atoms with Crippen molar-refractivity contribution < 1.29 is 18.9 Å². The molecule has 1 heterocycles. The molecule has 148 valence electrons. The minimum atomic E-state index is -0.476. The summed E-state index contributed by atoms with van der Waals surface area (Å²) in [6.45, 7) is 0.147. The van der Waals surface area contributed by atoms with Crippen LogP contribution in [0.3, 0.4) is 0 Å². The van der Waals surface area contributed by atoms with Gasteiger partial charge in [0.05, 0.1) is 17.6 Å². The van der Waals surface area contributed by atoms with E-state index < -0.39 is 4.92 Å². The van der Waals surface area contributed by atoms with Gasteiger partial charge in [-0.2, -0.15) is 5.10 Å². The standard InChI is InChI=1S/C20H16ClN3O5/c21-15-3-1-14(2-4-15)11-20(25)23-22-12-18-9-10-19(29-18)13-28-17-7-5-16(6-8-17)24(26)27/h1-10,12H,11,13H2,(H,23,25). The summed E-state index contributed by atoms with van der Waals surface area (Å²) >= 11 is 5.81. The second-order valence-corrected chi connectivity index (χ2v) is 6.38. The fourth-order valence-corrected chi connectivity index (χ4v) is 2.48. The number of nitro benzene ring substituents is 1. The maximum Gasteiger partial charge on any atom is 0.269 e. The number of carbonyl (C=O) groups excluding carboxylic acids is 1. The number of nitrogens with zero attached hydrogens (tertiary/aromatic N) is 2. The monoisotopic (exact) mass is 413 g/mol. The van der Waals surface area contributed by atoms with Gasteiger partial charge in [0.15, 0.2) is 0 Å². The lowest BCUT2D eigenvalue weighted by molar-refractivity contribution is -0.384. The first-order valence-corrected chi connectivity index (χ1v) is 8.90. The summed E-state index contributed by atoms with van der Waals surface area (Å²) in [5.74, 6) is 1.20. The number of amides is 1. The molecule has 1 aromatic heterocycles. The SMILES string of the molecule is O=C(Cc1ccc(Cl)cc1)NN=Cc1ccc(COc2ccc([N+](=O)[O-])cc2)o1. The van der Waals surface area contributed by atoms with Gasteiger partial charge in [-0.05, 0) is 42.0 Å². The van der Waals surface area contributed by atoms with Crippen LogP contribution in [-0.2, 0) is 17.8 Å². The van der Waals surface area contributed by atoms with Crippen molar-refractivity contribution >= 4 is 29.4 Å². The maximum atomic E-state index is 11.9. The molecule has 1 N–H and O–H groups in total. The Labute approximate surface area is 170 Å². The lowest BCUT2D eigenvalue weighted by Crippen LogP contribution is -2.19. The Morgan fingerprint density at radius 1 is 1.14 bits per heavy atom. The Kier molecular flexibility index (Phi) is 6.59. The molecule has 8 nitrogen and oxygen atoms in total. The molecule has 9 heteroatoms. The minimum Gasteiger partial charge on any atom is -0.486 e. The molecule has 0 saturated heterocycles. The number of hydrazone groups is 1. The van der Waals surface area contributed by atoms with E-state index in [0.717, 1.165) is 5.56 Å². The molecule has 3 aromatic rings. The zero-order valence-corrected chi connectivity index (χ0v) is 15.8. The minimum absolute atomic E-state index is 0.00745. The number of halogens is 1. The first kappa shape index (κ1) is 20.1. The molecule has 0 spiro atoms. The van der Waals surface area contributed by atoms with Gasteiger partial charge in [-0.1, -0.05) is 23.7 Å². The quantitative estimate of drug-likeness (QED) is 0.339. The average Bonchev–Trinajstić information content (AvgIpc) is 3.16. The summed E-state index contributed by atoms with van der Waals surface area (Å²) in [6.07, 6.45) is 1.57. The number of nitrogens with one attached hydrogen (secondary N) is 1. The van der Waals surface area contributed by atoms with E-state index >= 15 is 0 Å². The van der Waals surface area contributed by atoms with Crippen LogP contribution in [-0.4, -0.2) is 17.0 Å². The van der Waals surface area contributed by atoms with E-state index in [1.165, 1.54) is 30.5 Å². The van der Waals surface area contributed by atoms with Gasteiger partial charge >= 0.3 is 0 Å². The van der Waals surface area contributed by atoms with Crippen LogP contribution in [0, 0.1) is 10.1 Å². The van der Waals surface area contributed by atoms with Gasteiger partial charge in [0.25, 0.3) is 5.69 Å². The Morgan fingerprint density at radius 3 is 2.55 bits per heavy atom. The Balaban J connectivity index is 1.46. The number of rotatable bonds is 8. The van der Waals surface area contributed by atoms with Crippen molar-refractivity contribution in [3.05, 3.63) is 92.9 Å². The molecule has 0 atom stereocenters. The van der Waals surface area contributed by atoms with Gasteiger partial charge in [0.1, 0.15) is 23.9 Å². The summed E-state index contributed by atoms with van der Waals surface area (Å²) in [6, 6.07) is 16.1. The first-order chi connectivity index (χ1) is 14.0. The highest BCUT2D eigenvalue weighted by Crippen LogP contribution is 2.19. The first-order valence-electron chi connectivity index (χ1n) is 8.52. The molecule has 0 aliphatic rings. The lowest BCUT2D eigenvalue weighted by atomic mass is 10.1. The zero-order chi connectivity index (χ0) is 20.6. The fraction of sp³-hybridized carbons (Fsp3) is 0.100. The summed E-state index contributed by atoms with van der Waals surface area (Å²) in [7, 11) is 0. The van der Waals surface area contributed by atoms with Gasteiger partial charge in [-0.25, -0.2) is 5.43 Å². The number of furan rings is 1. The normalized spacial score (nSPS) is 10.8. The third-order valence-corrected chi connectivity index (χ3v) is 4.02. The number of benzene rings is 2. The molecule has 0 aliphatic heterocycles. The van der Waals surface area contributed by atoms with Gasteiger partial charge in [-0.3, -0.25) is 14.9 Å². The van der Waals surface area contributed by atoms with Crippen molar-refractivity contribution in [2.24, 2.45) is 5.10 Å². The molecular formula is C20H16ClN3O5. The summed E-state index contributed by atoms with van der Waals surface area (Å²) in [5, 5.41) is 15.1. The second kappa shape index (κ2) is 9.52. The van der Waals surface area contributed by atoms with Crippen molar-refractivity contribution in [2.75, 3.05) is 0 Å². The number of hydrogen-bond donors (Lipinski definition) is 1. The molecule has 29 heavy (non-hydrogen) atoms. The van der Waals surface area contributed by atoms with E-state index in [4.69, 9.17) is 20.8 Å². The predicted molar refractivity (Wildman–Crippen MR) is 107 cm³/mol. The number of nitro groups is 1. The Hall–Kier alpha value is -3.65. The van der Waals surface area contributed by atoms with Crippen molar-refractivity contribution in [1.29, 1.82) is 0 Å². The van der Waals surface area contributed by atoms with Crippen LogP contribution < -0.4 is 10.2 Å².